The lowest BCUT2D eigenvalue weighted by Gasteiger charge is -2.35. The molecule has 0 bridgehead atoms. The van der Waals surface area contributed by atoms with Gasteiger partial charge in [0.15, 0.2) is 5.84 Å². The number of piperazine rings is 1. The van der Waals surface area contributed by atoms with Crippen LogP contribution in [0.3, 0.4) is 0 Å². The minimum atomic E-state index is -4.49. The molecule has 0 amide bonds. The summed E-state index contributed by atoms with van der Waals surface area (Å²) in [6.45, 7) is 2.60. The van der Waals surface area contributed by atoms with Crippen LogP contribution in [0.2, 0.25) is 0 Å². The van der Waals surface area contributed by atoms with E-state index in [1.54, 1.807) is 13.2 Å². The molecule has 166 valence electrons. The molecule has 30 heavy (non-hydrogen) atoms. The fourth-order valence-corrected chi connectivity index (χ4v) is 4.18. The summed E-state index contributed by atoms with van der Waals surface area (Å²) in [6.07, 6.45) is -3.68. The van der Waals surface area contributed by atoms with Crippen molar-refractivity contribution in [2.24, 2.45) is 4.99 Å². The quantitative estimate of drug-likeness (QED) is 0.674. The number of ether oxygens (including phenoxy) is 1. The molecule has 2 N–H and O–H groups in total. The Morgan fingerprint density at radius 3 is 2.77 bits per heavy atom. The summed E-state index contributed by atoms with van der Waals surface area (Å²) < 4.78 is 45.0. The minimum absolute atomic E-state index is 0. The van der Waals surface area contributed by atoms with Crippen molar-refractivity contribution in [2.75, 3.05) is 38.7 Å². The summed E-state index contributed by atoms with van der Waals surface area (Å²) in [5.41, 5.74) is 1.60. The molecule has 2 aliphatic heterocycles. The lowest BCUT2D eigenvalue weighted by Crippen LogP contribution is -2.53. The Kier molecular flexibility index (Phi) is 8.35. The highest BCUT2D eigenvalue weighted by Crippen LogP contribution is 2.42. The maximum atomic E-state index is 13.3. The second-order valence-corrected chi connectivity index (χ2v) is 7.65. The molecule has 1 aromatic carbocycles. The molecule has 2 aliphatic rings. The van der Waals surface area contributed by atoms with Crippen LogP contribution in [0.4, 0.5) is 29.5 Å². The fraction of sp³-hybridized carbons (Fsp3) is 0.444. The molecule has 1 unspecified atom stereocenters. The van der Waals surface area contributed by atoms with E-state index >= 15 is 0 Å². The molecular formula is C18H22Cl2F3N5OS. The van der Waals surface area contributed by atoms with Gasteiger partial charge in [-0.2, -0.15) is 13.2 Å². The molecule has 0 spiro atoms. The number of rotatable bonds is 3. The first-order chi connectivity index (χ1) is 13.5. The number of aliphatic imine (C=N–C) groups is 1. The first kappa shape index (κ1) is 24.7. The van der Waals surface area contributed by atoms with Gasteiger partial charge in [0.1, 0.15) is 10.7 Å². The van der Waals surface area contributed by atoms with Gasteiger partial charge in [-0.25, -0.2) is 9.98 Å². The van der Waals surface area contributed by atoms with Crippen LogP contribution >= 0.6 is 36.2 Å². The van der Waals surface area contributed by atoms with Gasteiger partial charge in [0.2, 0.25) is 5.01 Å². The van der Waals surface area contributed by atoms with Crippen molar-refractivity contribution in [3.05, 3.63) is 35.0 Å². The van der Waals surface area contributed by atoms with Crippen LogP contribution in [0.25, 0.3) is 0 Å². The van der Waals surface area contributed by atoms with Crippen molar-refractivity contribution in [1.82, 2.24) is 15.2 Å². The van der Waals surface area contributed by atoms with E-state index in [0.717, 1.165) is 6.42 Å². The summed E-state index contributed by atoms with van der Waals surface area (Å²) in [5.74, 6) is 0.475. The predicted octanol–water partition coefficient (Wildman–Crippen LogP) is 4.45. The SMILES string of the molecule is COCCC1CN(C2=Nc3ccccc3Nc3sc(C(F)(F)F)nc32)CCN1.Cl.Cl. The van der Waals surface area contributed by atoms with Crippen LogP contribution < -0.4 is 10.6 Å². The highest BCUT2D eigenvalue weighted by atomic mass is 35.5. The number of halogens is 5. The average molecular weight is 484 g/mol. The zero-order valence-electron chi connectivity index (χ0n) is 16.0. The van der Waals surface area contributed by atoms with Crippen LogP contribution in [0.15, 0.2) is 29.3 Å². The van der Waals surface area contributed by atoms with E-state index < -0.39 is 11.2 Å². The van der Waals surface area contributed by atoms with Gasteiger partial charge in [-0.05, 0) is 18.6 Å². The Bertz CT molecular complexity index is 893. The lowest BCUT2D eigenvalue weighted by atomic mass is 10.1. The summed E-state index contributed by atoms with van der Waals surface area (Å²) in [6, 6.07) is 7.50. The first-order valence-corrected chi connectivity index (χ1v) is 9.78. The molecule has 2 aromatic rings. The number of para-hydroxylation sites is 2. The van der Waals surface area contributed by atoms with Gasteiger partial charge >= 0.3 is 6.18 Å². The van der Waals surface area contributed by atoms with Crippen LogP contribution in [0.1, 0.15) is 17.1 Å². The monoisotopic (exact) mass is 483 g/mol. The summed E-state index contributed by atoms with van der Waals surface area (Å²) in [5, 5.41) is 6.00. The molecule has 6 nitrogen and oxygen atoms in total. The van der Waals surface area contributed by atoms with Crippen molar-refractivity contribution in [1.29, 1.82) is 0 Å². The van der Waals surface area contributed by atoms with Gasteiger partial charge in [0.25, 0.3) is 0 Å². The molecule has 1 atom stereocenters. The number of nitrogens with one attached hydrogen (secondary N) is 2. The van der Waals surface area contributed by atoms with Crippen molar-refractivity contribution < 1.29 is 17.9 Å². The lowest BCUT2D eigenvalue weighted by molar-refractivity contribution is -0.137. The third-order valence-corrected chi connectivity index (χ3v) is 5.70. The summed E-state index contributed by atoms with van der Waals surface area (Å²) >= 11 is 0.611. The molecular weight excluding hydrogens is 462 g/mol. The van der Waals surface area contributed by atoms with Crippen molar-refractivity contribution in [2.45, 2.75) is 18.6 Å². The van der Waals surface area contributed by atoms with Crippen molar-refractivity contribution >= 4 is 58.4 Å². The smallest absolute Gasteiger partial charge is 0.385 e. The predicted molar refractivity (Wildman–Crippen MR) is 117 cm³/mol. The molecule has 0 saturated carbocycles. The first-order valence-electron chi connectivity index (χ1n) is 8.96. The Morgan fingerprint density at radius 1 is 1.27 bits per heavy atom. The molecule has 3 heterocycles. The number of nitrogens with zero attached hydrogens (tertiary/aromatic N) is 3. The molecule has 0 radical (unpaired) electrons. The Labute approximate surface area is 188 Å². The van der Waals surface area contributed by atoms with E-state index in [-0.39, 0.29) is 36.5 Å². The minimum Gasteiger partial charge on any atom is -0.385 e. The van der Waals surface area contributed by atoms with Crippen molar-refractivity contribution in [3.63, 3.8) is 0 Å². The van der Waals surface area contributed by atoms with Crippen molar-refractivity contribution in [3.8, 4) is 0 Å². The van der Waals surface area contributed by atoms with Gasteiger partial charge in [-0.15, -0.1) is 24.8 Å². The fourth-order valence-electron chi connectivity index (χ4n) is 3.34. The number of benzene rings is 1. The third-order valence-electron chi connectivity index (χ3n) is 4.69. The van der Waals surface area contributed by atoms with Crippen LogP contribution in [0.5, 0.6) is 0 Å². The summed E-state index contributed by atoms with van der Waals surface area (Å²) in [7, 11) is 1.65. The number of alkyl halides is 3. The number of hydrogen-bond donors (Lipinski definition) is 2. The van der Waals surface area contributed by atoms with Crippen LogP contribution in [0, 0.1) is 0 Å². The van der Waals surface area contributed by atoms with E-state index in [0.29, 0.717) is 59.8 Å². The van der Waals surface area contributed by atoms with E-state index in [1.165, 1.54) is 0 Å². The van der Waals surface area contributed by atoms with Gasteiger partial charge in [-0.1, -0.05) is 23.5 Å². The highest BCUT2D eigenvalue weighted by molar-refractivity contribution is 7.16. The van der Waals surface area contributed by atoms with E-state index in [2.05, 4.69) is 15.6 Å². The zero-order valence-corrected chi connectivity index (χ0v) is 18.5. The zero-order chi connectivity index (χ0) is 19.7. The van der Waals surface area contributed by atoms with E-state index in [9.17, 15) is 13.2 Å². The normalized spacial score (nSPS) is 18.1. The van der Waals surface area contributed by atoms with Gasteiger partial charge in [0, 0.05) is 39.4 Å². The second-order valence-electron chi connectivity index (χ2n) is 6.65. The Morgan fingerprint density at radius 2 is 2.03 bits per heavy atom. The maximum absolute atomic E-state index is 13.3. The second kappa shape index (κ2) is 10.1. The average Bonchev–Trinajstić information content (AvgIpc) is 3.03. The molecule has 0 aliphatic carbocycles. The Hall–Kier alpha value is -1.59. The Balaban J connectivity index is 0.00000160. The molecule has 1 saturated heterocycles. The largest absolute Gasteiger partial charge is 0.443 e. The third kappa shape index (κ3) is 5.17. The number of aromatic nitrogens is 1. The van der Waals surface area contributed by atoms with E-state index in [1.807, 2.05) is 23.1 Å². The van der Waals surface area contributed by atoms with E-state index in [4.69, 9.17) is 9.73 Å². The number of anilines is 2. The van der Waals surface area contributed by atoms with Gasteiger partial charge in [0.05, 0.1) is 11.4 Å². The number of fused-ring (bicyclic) bond motifs is 2. The van der Waals surface area contributed by atoms with Crippen LogP contribution in [-0.2, 0) is 10.9 Å². The molecule has 1 aromatic heterocycles. The van der Waals surface area contributed by atoms with Gasteiger partial charge in [-0.3, -0.25) is 0 Å². The number of hydrogen-bond acceptors (Lipinski definition) is 7. The number of thiazole rings is 1. The maximum Gasteiger partial charge on any atom is 0.443 e. The highest BCUT2D eigenvalue weighted by Gasteiger charge is 2.38. The number of amidine groups is 1. The number of methoxy groups -OCH3 is 1. The molecule has 1 fully saturated rings. The topological polar surface area (TPSA) is 61.8 Å². The summed E-state index contributed by atoms with van der Waals surface area (Å²) in [4.78, 5) is 10.6. The van der Waals surface area contributed by atoms with Crippen LogP contribution in [-0.4, -0.2) is 55.1 Å². The van der Waals surface area contributed by atoms with Gasteiger partial charge < -0.3 is 20.3 Å². The standard InChI is InChI=1S/C18H20F3N5OS.2ClH/c1-27-9-6-11-10-26(8-7-22-11)15-14-16(28-17(25-14)18(19,20)21)24-13-5-3-2-4-12(13)23-15;;/h2-5,11,22,24H,6-10H2,1H3;2*1H. The molecule has 12 heteroatoms. The molecule has 4 rings (SSSR count).